The number of nitrogens with zero attached hydrogens (tertiary/aromatic N) is 4. The Labute approximate surface area is 491 Å². The van der Waals surface area contributed by atoms with E-state index in [1.807, 2.05) is 24.4 Å². The normalized spacial score (nSPS) is 13.5. The summed E-state index contributed by atoms with van der Waals surface area (Å²) in [6.45, 7) is 15.9. The van der Waals surface area contributed by atoms with Crippen LogP contribution in [0.1, 0.15) is 52.7 Å². The van der Waals surface area contributed by atoms with Crippen molar-refractivity contribution in [1.82, 2.24) is 9.55 Å². The summed E-state index contributed by atoms with van der Waals surface area (Å²) >= 11 is 0. The van der Waals surface area contributed by atoms with Gasteiger partial charge < -0.3 is 19.1 Å². The zero-order chi connectivity index (χ0) is 54.3. The minimum absolute atomic E-state index is 0. The third-order valence-corrected chi connectivity index (χ3v) is 21.2. The fraction of sp³-hybridized carbons (Fsp3) is 0.108. The van der Waals surface area contributed by atoms with Crippen LogP contribution in [0.5, 0.6) is 11.5 Å². The molecule has 0 radical (unpaired) electrons. The molecule has 0 N–H and O–H groups in total. The number of fused-ring (bicyclic) bond motifs is 7. The van der Waals surface area contributed by atoms with Crippen molar-refractivity contribution < 1.29 is 25.8 Å². The zero-order valence-corrected chi connectivity index (χ0v) is 49.5. The standard InChI is InChI=1S/C74H59N4OSi.Pt/c1-73(2,3)52-36-39-57(40-37-52)80(69-34-19-14-29-61(69)62-30-15-20-35-70(62)80)58-42-43-75-71(48-58)78-65-31-16-13-28-59(65)60-41-38-56(47-68(60)78)79-55-27-21-26-54(46-55)76-49-77(67-33-18-17-32-66(67)76)72-63(50-22-9-7-10-23-50)44-53(74(4,5)6)45-64(72)51-24-11-8-12-25-51;/h7-45,48-49H,1-6H3;/q-3;. The average Bonchev–Trinajstić information content (AvgIpc) is 2.70. The Bertz CT molecular complexity index is 4240. The van der Waals surface area contributed by atoms with Crippen LogP contribution in [0.15, 0.2) is 243 Å². The first-order valence-corrected chi connectivity index (χ1v) is 29.7. The second kappa shape index (κ2) is 20.2. The molecule has 81 heavy (non-hydrogen) atoms. The first-order valence-electron chi connectivity index (χ1n) is 27.7. The fourth-order valence-electron chi connectivity index (χ4n) is 12.4. The number of benzene rings is 10. The molecule has 0 unspecified atom stereocenters. The number of aromatic nitrogens is 2. The maximum absolute atomic E-state index is 6.87. The molecule has 0 saturated carbocycles. The van der Waals surface area contributed by atoms with Crippen molar-refractivity contribution in [1.29, 1.82) is 0 Å². The van der Waals surface area contributed by atoms with Crippen LogP contribution in [0.4, 0.5) is 22.7 Å². The molecule has 14 rings (SSSR count). The van der Waals surface area contributed by atoms with E-state index in [1.165, 1.54) is 43.0 Å². The van der Waals surface area contributed by atoms with Gasteiger partial charge in [-0.15, -0.1) is 48.1 Å². The Morgan fingerprint density at radius 1 is 0.457 bits per heavy atom. The van der Waals surface area contributed by atoms with Crippen molar-refractivity contribution in [2.75, 3.05) is 9.80 Å². The molecule has 0 amide bonds. The first kappa shape index (κ1) is 51.9. The summed E-state index contributed by atoms with van der Waals surface area (Å²) in [6.07, 6.45) is 2.01. The van der Waals surface area contributed by atoms with Crippen LogP contribution in [-0.2, 0) is 31.9 Å². The van der Waals surface area contributed by atoms with E-state index >= 15 is 0 Å². The first-order chi connectivity index (χ1) is 38.9. The van der Waals surface area contributed by atoms with Gasteiger partial charge in [0, 0.05) is 72.5 Å². The molecule has 7 heteroatoms. The number of ether oxygens (including phenoxy) is 1. The third-order valence-electron chi connectivity index (χ3n) is 16.4. The molecule has 10 aromatic carbocycles. The van der Waals surface area contributed by atoms with E-state index in [2.05, 4.69) is 293 Å². The van der Waals surface area contributed by atoms with Gasteiger partial charge >= 0.3 is 0 Å². The van der Waals surface area contributed by atoms with Gasteiger partial charge in [0.2, 0.25) is 0 Å². The fourth-order valence-corrected chi connectivity index (χ4v) is 17.6. The summed E-state index contributed by atoms with van der Waals surface area (Å²) in [5.41, 5.74) is 15.8. The van der Waals surface area contributed by atoms with Crippen LogP contribution >= 0.6 is 0 Å². The Hall–Kier alpha value is -8.54. The average molecular weight is 1240 g/mol. The quantitative estimate of drug-likeness (QED) is 0.107. The smallest absolute Gasteiger partial charge is 0.181 e. The topological polar surface area (TPSA) is 33.5 Å². The zero-order valence-electron chi connectivity index (χ0n) is 46.2. The van der Waals surface area contributed by atoms with E-state index in [0.717, 1.165) is 72.6 Å². The van der Waals surface area contributed by atoms with Crippen molar-refractivity contribution in [3.63, 3.8) is 0 Å². The van der Waals surface area contributed by atoms with Gasteiger partial charge in [0.1, 0.15) is 5.82 Å². The Kier molecular flexibility index (Phi) is 12.9. The van der Waals surface area contributed by atoms with Gasteiger partial charge in [0.25, 0.3) is 0 Å². The predicted molar refractivity (Wildman–Crippen MR) is 335 cm³/mol. The molecule has 0 aliphatic carbocycles. The van der Waals surface area contributed by atoms with Gasteiger partial charge in [-0.05, 0) is 113 Å². The predicted octanol–water partition coefficient (Wildman–Crippen LogP) is 16.3. The van der Waals surface area contributed by atoms with Gasteiger partial charge in [0.15, 0.2) is 8.07 Å². The molecule has 4 heterocycles. The Morgan fingerprint density at radius 3 is 1.67 bits per heavy atom. The van der Waals surface area contributed by atoms with Gasteiger partial charge in [-0.25, -0.2) is 4.98 Å². The second-order valence-corrected chi connectivity index (χ2v) is 27.0. The molecule has 5 nitrogen and oxygen atoms in total. The summed E-state index contributed by atoms with van der Waals surface area (Å²) in [7, 11) is -2.86. The van der Waals surface area contributed by atoms with Crippen molar-refractivity contribution in [3.05, 3.63) is 273 Å². The summed E-state index contributed by atoms with van der Waals surface area (Å²) in [5, 5.41) is 7.63. The van der Waals surface area contributed by atoms with Crippen LogP contribution in [0.3, 0.4) is 0 Å². The largest absolute Gasteiger partial charge is 0.509 e. The van der Waals surface area contributed by atoms with E-state index in [4.69, 9.17) is 9.72 Å². The molecular formula is C74H59N4OPtSi-3. The molecular weight excluding hydrogens is 1180 g/mol. The number of pyridine rings is 1. The molecule has 0 bridgehead atoms. The molecule has 0 fully saturated rings. The van der Waals surface area contributed by atoms with Crippen LogP contribution in [-0.4, -0.2) is 17.6 Å². The molecule has 2 aliphatic rings. The van der Waals surface area contributed by atoms with E-state index in [9.17, 15) is 0 Å². The molecule has 0 atom stereocenters. The molecule has 0 saturated heterocycles. The number of anilines is 4. The summed E-state index contributed by atoms with van der Waals surface area (Å²) in [4.78, 5) is 9.80. The van der Waals surface area contributed by atoms with Crippen LogP contribution < -0.4 is 35.3 Å². The second-order valence-electron chi connectivity index (χ2n) is 23.3. The van der Waals surface area contributed by atoms with Crippen molar-refractivity contribution in [2.24, 2.45) is 0 Å². The van der Waals surface area contributed by atoms with Crippen LogP contribution in [0, 0.1) is 18.8 Å². The van der Waals surface area contributed by atoms with Crippen molar-refractivity contribution in [2.45, 2.75) is 52.4 Å². The number of para-hydroxylation sites is 3. The number of hydrogen-bond donors (Lipinski definition) is 0. The van der Waals surface area contributed by atoms with Gasteiger partial charge in [-0.1, -0.05) is 211 Å². The number of rotatable bonds is 9. The van der Waals surface area contributed by atoms with Gasteiger partial charge in [0.05, 0.1) is 0 Å². The van der Waals surface area contributed by atoms with E-state index in [0.29, 0.717) is 11.5 Å². The molecule has 398 valence electrons. The third kappa shape index (κ3) is 8.75. The van der Waals surface area contributed by atoms with E-state index in [-0.39, 0.29) is 31.9 Å². The monoisotopic (exact) mass is 1240 g/mol. The minimum Gasteiger partial charge on any atom is -0.509 e. The maximum atomic E-state index is 6.87. The van der Waals surface area contributed by atoms with Gasteiger partial charge in [-0.2, -0.15) is 12.1 Å². The summed E-state index contributed by atoms with van der Waals surface area (Å²) in [6, 6.07) is 93.5. The molecule has 2 aromatic heterocycles. The number of hydrogen-bond acceptors (Lipinski definition) is 4. The van der Waals surface area contributed by atoms with Gasteiger partial charge in [-0.3, -0.25) is 0 Å². The summed E-state index contributed by atoms with van der Waals surface area (Å²) in [5.74, 6) is 2.00. The Morgan fingerprint density at radius 2 is 1.02 bits per heavy atom. The van der Waals surface area contributed by atoms with Crippen molar-refractivity contribution in [3.8, 4) is 50.7 Å². The summed E-state index contributed by atoms with van der Waals surface area (Å²) < 4.78 is 9.14. The van der Waals surface area contributed by atoms with Crippen LogP contribution in [0.2, 0.25) is 0 Å². The maximum Gasteiger partial charge on any atom is 0.181 e. The minimum atomic E-state index is -2.86. The van der Waals surface area contributed by atoms with Crippen molar-refractivity contribution >= 4 is 73.4 Å². The van der Waals surface area contributed by atoms with E-state index in [1.54, 1.807) is 0 Å². The van der Waals surface area contributed by atoms with E-state index < -0.39 is 8.07 Å². The SMILES string of the molecule is CC(C)(C)c1ccc([Si]2(c3ccnc(-n4c5[c-]c(Oc6[c-]c(N7[CH-]N(c8c(-c9ccccc9)cc(C(C)(C)C)cc8-c8ccccc8)c8ccccc87)ccc6)ccc5c5ccccc54)c3)c3ccccc3-c3ccccc32)cc1.[Pt]. The van der Waals surface area contributed by atoms with Crippen LogP contribution in [0.25, 0.3) is 61.0 Å². The molecule has 2 aliphatic heterocycles. The molecule has 0 spiro atoms. The molecule has 12 aromatic rings. The Balaban J connectivity index is 0.00000618.